The number of rotatable bonds is 1. The third-order valence-corrected chi connectivity index (χ3v) is 2.99. The molecule has 0 radical (unpaired) electrons. The summed E-state index contributed by atoms with van der Waals surface area (Å²) in [5, 5.41) is 11.5. The lowest BCUT2D eigenvalue weighted by atomic mass is 10.1. The van der Waals surface area contributed by atoms with Gasteiger partial charge < -0.3 is 10.2 Å². The zero-order chi connectivity index (χ0) is 13.0. The van der Waals surface area contributed by atoms with Crippen molar-refractivity contribution in [3.05, 3.63) is 29.6 Å². The fraction of sp³-hybridized carbons (Fsp3) is 0.385. The average Bonchev–Trinajstić information content (AvgIpc) is 2.41. The highest BCUT2D eigenvalue weighted by Gasteiger charge is 2.17. The van der Waals surface area contributed by atoms with Gasteiger partial charge in [0.05, 0.1) is 11.3 Å². The molecule has 2 rings (SSSR count). The first-order valence-electron chi connectivity index (χ1n) is 5.96. The van der Waals surface area contributed by atoms with Crippen LogP contribution < -0.4 is 5.32 Å². The van der Waals surface area contributed by atoms with Crippen molar-refractivity contribution in [2.45, 2.75) is 19.3 Å². The Balaban J connectivity index is 2.09. The van der Waals surface area contributed by atoms with Crippen LogP contribution >= 0.6 is 0 Å². The summed E-state index contributed by atoms with van der Waals surface area (Å²) in [7, 11) is 0. The van der Waals surface area contributed by atoms with E-state index in [1.54, 1.807) is 4.90 Å². The number of carbonyl (C=O) groups excluding carboxylic acids is 1. The number of hydrogen-bond acceptors (Lipinski definition) is 2. The van der Waals surface area contributed by atoms with E-state index in [1.165, 1.54) is 12.1 Å². The van der Waals surface area contributed by atoms with Gasteiger partial charge in [0.2, 0.25) is 0 Å². The SMILES string of the molecule is N#Cc1cc(F)ccc1NC(=O)N1CCCCC1. The Labute approximate surface area is 105 Å². The van der Waals surface area contributed by atoms with Crippen LogP contribution in [0.1, 0.15) is 24.8 Å². The summed E-state index contributed by atoms with van der Waals surface area (Å²) in [6.45, 7) is 1.46. The predicted molar refractivity (Wildman–Crippen MR) is 65.6 cm³/mol. The summed E-state index contributed by atoms with van der Waals surface area (Å²) in [5.74, 6) is -0.484. The second-order valence-electron chi connectivity index (χ2n) is 4.28. The Morgan fingerprint density at radius 2 is 2.06 bits per heavy atom. The number of nitrogens with zero attached hydrogens (tertiary/aromatic N) is 2. The van der Waals surface area contributed by atoms with Crippen molar-refractivity contribution in [2.24, 2.45) is 0 Å². The number of urea groups is 1. The zero-order valence-corrected chi connectivity index (χ0v) is 9.95. The number of hydrogen-bond donors (Lipinski definition) is 1. The number of anilines is 1. The minimum atomic E-state index is -0.484. The summed E-state index contributed by atoms with van der Waals surface area (Å²) in [4.78, 5) is 13.6. The smallest absolute Gasteiger partial charge is 0.321 e. The van der Waals surface area contributed by atoms with E-state index in [0.29, 0.717) is 5.69 Å². The third kappa shape index (κ3) is 2.77. The molecule has 0 unspecified atom stereocenters. The van der Waals surface area contributed by atoms with Crippen LogP contribution in [0.15, 0.2) is 18.2 Å². The predicted octanol–water partition coefficient (Wildman–Crippen LogP) is 2.72. The van der Waals surface area contributed by atoms with Crippen LogP contribution in [0, 0.1) is 17.1 Å². The van der Waals surface area contributed by atoms with Crippen LogP contribution in [-0.4, -0.2) is 24.0 Å². The topological polar surface area (TPSA) is 56.1 Å². The lowest BCUT2D eigenvalue weighted by Crippen LogP contribution is -2.38. The van der Waals surface area contributed by atoms with Crippen molar-refractivity contribution in [2.75, 3.05) is 18.4 Å². The number of amides is 2. The van der Waals surface area contributed by atoms with Gasteiger partial charge in [-0.15, -0.1) is 0 Å². The average molecular weight is 247 g/mol. The Kier molecular flexibility index (Phi) is 3.78. The summed E-state index contributed by atoms with van der Waals surface area (Å²) < 4.78 is 13.0. The van der Waals surface area contributed by atoms with E-state index in [1.807, 2.05) is 6.07 Å². The fourth-order valence-corrected chi connectivity index (χ4v) is 2.01. The van der Waals surface area contributed by atoms with Crippen LogP contribution in [0.25, 0.3) is 0 Å². The van der Waals surface area contributed by atoms with Crippen LogP contribution in [-0.2, 0) is 0 Å². The van der Waals surface area contributed by atoms with Crippen molar-refractivity contribution in [3.63, 3.8) is 0 Å². The van der Waals surface area contributed by atoms with Gasteiger partial charge in [0, 0.05) is 13.1 Å². The van der Waals surface area contributed by atoms with Gasteiger partial charge >= 0.3 is 6.03 Å². The van der Waals surface area contributed by atoms with E-state index in [2.05, 4.69) is 5.32 Å². The maximum Gasteiger partial charge on any atom is 0.321 e. The van der Waals surface area contributed by atoms with Gasteiger partial charge in [-0.25, -0.2) is 9.18 Å². The molecule has 2 amide bonds. The van der Waals surface area contributed by atoms with Crippen molar-refractivity contribution in [3.8, 4) is 6.07 Å². The summed E-state index contributed by atoms with van der Waals surface area (Å²) in [6.07, 6.45) is 3.15. The molecule has 5 heteroatoms. The molecule has 1 aromatic carbocycles. The minimum absolute atomic E-state index is 0.139. The largest absolute Gasteiger partial charge is 0.325 e. The highest BCUT2D eigenvalue weighted by molar-refractivity contribution is 5.90. The molecule has 1 heterocycles. The number of halogens is 1. The van der Waals surface area contributed by atoms with Gasteiger partial charge in [0.1, 0.15) is 11.9 Å². The van der Waals surface area contributed by atoms with Crippen LogP contribution in [0.3, 0.4) is 0 Å². The zero-order valence-electron chi connectivity index (χ0n) is 9.95. The molecule has 1 aliphatic heterocycles. The number of nitrogens with one attached hydrogen (secondary N) is 1. The maximum atomic E-state index is 13.0. The lowest BCUT2D eigenvalue weighted by molar-refractivity contribution is 0.200. The standard InChI is InChI=1S/C13H14FN3O/c14-11-4-5-12(10(8-11)9-15)16-13(18)17-6-2-1-3-7-17/h4-5,8H,1-3,6-7H2,(H,16,18). The molecule has 1 fully saturated rings. The molecule has 1 saturated heterocycles. The van der Waals surface area contributed by atoms with Crippen LogP contribution in [0.5, 0.6) is 0 Å². The minimum Gasteiger partial charge on any atom is -0.325 e. The molecule has 94 valence electrons. The third-order valence-electron chi connectivity index (χ3n) is 2.99. The quantitative estimate of drug-likeness (QED) is 0.829. The van der Waals surface area contributed by atoms with Gasteiger partial charge in [-0.2, -0.15) is 5.26 Å². The number of nitriles is 1. The van der Waals surface area contributed by atoms with Crippen LogP contribution in [0.2, 0.25) is 0 Å². The molecular weight excluding hydrogens is 233 g/mol. The molecule has 0 saturated carbocycles. The number of piperidine rings is 1. The van der Waals surface area contributed by atoms with Crippen molar-refractivity contribution in [1.82, 2.24) is 4.90 Å². The number of benzene rings is 1. The Bertz CT molecular complexity index is 489. The normalized spacial score (nSPS) is 15.0. The summed E-state index contributed by atoms with van der Waals surface area (Å²) in [5.41, 5.74) is 0.495. The van der Waals surface area contributed by atoms with Crippen molar-refractivity contribution >= 4 is 11.7 Å². The second kappa shape index (κ2) is 5.50. The van der Waals surface area contributed by atoms with Crippen molar-refractivity contribution in [1.29, 1.82) is 5.26 Å². The molecule has 1 N–H and O–H groups in total. The molecular formula is C13H14FN3O. The van der Waals surface area contributed by atoms with Gasteiger partial charge in [0.25, 0.3) is 0 Å². The van der Waals surface area contributed by atoms with Gasteiger partial charge in [0.15, 0.2) is 0 Å². The number of likely N-dealkylation sites (tertiary alicyclic amines) is 1. The summed E-state index contributed by atoms with van der Waals surface area (Å²) >= 11 is 0. The van der Waals surface area contributed by atoms with Gasteiger partial charge in [-0.3, -0.25) is 0 Å². The van der Waals surface area contributed by atoms with E-state index in [0.717, 1.165) is 38.4 Å². The fourth-order valence-electron chi connectivity index (χ4n) is 2.01. The first-order valence-corrected chi connectivity index (χ1v) is 5.96. The first kappa shape index (κ1) is 12.4. The molecule has 0 aliphatic carbocycles. The molecule has 0 bridgehead atoms. The second-order valence-corrected chi connectivity index (χ2v) is 4.28. The lowest BCUT2D eigenvalue weighted by Gasteiger charge is -2.26. The molecule has 18 heavy (non-hydrogen) atoms. The highest BCUT2D eigenvalue weighted by Crippen LogP contribution is 2.17. The van der Waals surface area contributed by atoms with E-state index in [-0.39, 0.29) is 11.6 Å². The maximum absolute atomic E-state index is 13.0. The van der Waals surface area contributed by atoms with E-state index < -0.39 is 5.82 Å². The molecule has 0 aromatic heterocycles. The van der Waals surface area contributed by atoms with E-state index >= 15 is 0 Å². The molecule has 0 atom stereocenters. The monoisotopic (exact) mass is 247 g/mol. The van der Waals surface area contributed by atoms with Crippen LogP contribution in [0.4, 0.5) is 14.9 Å². The van der Waals surface area contributed by atoms with Gasteiger partial charge in [-0.1, -0.05) is 0 Å². The Hall–Kier alpha value is -2.09. The molecule has 1 aromatic rings. The van der Waals surface area contributed by atoms with Crippen molar-refractivity contribution < 1.29 is 9.18 Å². The molecule has 0 spiro atoms. The highest BCUT2D eigenvalue weighted by atomic mass is 19.1. The van der Waals surface area contributed by atoms with E-state index in [9.17, 15) is 9.18 Å². The molecule has 1 aliphatic rings. The van der Waals surface area contributed by atoms with E-state index in [4.69, 9.17) is 5.26 Å². The Morgan fingerprint density at radius 1 is 1.33 bits per heavy atom. The van der Waals surface area contributed by atoms with Gasteiger partial charge in [-0.05, 0) is 37.5 Å². The molecule has 4 nitrogen and oxygen atoms in total. The first-order chi connectivity index (χ1) is 8.70. The summed E-state index contributed by atoms with van der Waals surface area (Å²) in [6, 6.07) is 5.41. The Morgan fingerprint density at radius 3 is 2.72 bits per heavy atom. The number of carbonyl (C=O) groups is 1.